The van der Waals surface area contributed by atoms with Crippen LogP contribution in [0.3, 0.4) is 0 Å². The summed E-state index contributed by atoms with van der Waals surface area (Å²) in [6.45, 7) is 10.3. The van der Waals surface area contributed by atoms with Crippen LogP contribution in [0, 0.1) is 13.8 Å². The van der Waals surface area contributed by atoms with E-state index < -0.39 is 31.3 Å². The molecule has 2 aromatic rings. The zero-order valence-corrected chi connectivity index (χ0v) is 18.8. The molecule has 0 amide bonds. The molecule has 0 saturated carbocycles. The number of hydrogen-bond acceptors (Lipinski definition) is 6. The highest BCUT2D eigenvalue weighted by Gasteiger charge is 2.45. The van der Waals surface area contributed by atoms with E-state index in [2.05, 4.69) is 32.9 Å². The van der Waals surface area contributed by atoms with Crippen molar-refractivity contribution in [3.05, 3.63) is 36.4 Å². The predicted molar refractivity (Wildman–Crippen MR) is 100 cm³/mol. The Kier molecular flexibility index (Phi) is 12.8. The fourth-order valence-corrected chi connectivity index (χ4v) is 1.48. The van der Waals surface area contributed by atoms with Crippen molar-refractivity contribution in [1.82, 2.24) is 19.1 Å². The third-order valence-electron chi connectivity index (χ3n) is 3.11. The van der Waals surface area contributed by atoms with Crippen molar-refractivity contribution in [2.75, 3.05) is 0 Å². The molecule has 0 bridgehead atoms. The lowest BCUT2D eigenvalue weighted by molar-refractivity contribution is -0.0514. The molecule has 0 aliphatic heterocycles. The van der Waals surface area contributed by atoms with Gasteiger partial charge in [0, 0.05) is 37.9 Å². The number of alkyl halides is 6. The molecule has 0 spiro atoms. The van der Waals surface area contributed by atoms with Gasteiger partial charge in [0.25, 0.3) is 0 Å². The van der Waals surface area contributed by atoms with Gasteiger partial charge in [0.2, 0.25) is 0 Å². The van der Waals surface area contributed by atoms with Crippen molar-refractivity contribution in [1.29, 1.82) is 0 Å². The van der Waals surface area contributed by atoms with Crippen LogP contribution < -0.4 is 0 Å². The predicted octanol–water partition coefficient (Wildman–Crippen LogP) is 3.21. The average molecular weight is 520 g/mol. The van der Waals surface area contributed by atoms with Crippen molar-refractivity contribution >= 4 is 20.2 Å². The number of rotatable bonds is 2. The summed E-state index contributed by atoms with van der Waals surface area (Å²) in [4.78, 5) is 8.10. The van der Waals surface area contributed by atoms with E-state index in [0.717, 1.165) is 24.7 Å². The Morgan fingerprint density at radius 2 is 0.969 bits per heavy atom. The maximum atomic E-state index is 10.7. The van der Waals surface area contributed by atoms with Crippen molar-refractivity contribution in [3.8, 4) is 0 Å². The zero-order chi connectivity index (χ0) is 26.0. The van der Waals surface area contributed by atoms with Gasteiger partial charge < -0.3 is 9.13 Å². The quantitative estimate of drug-likeness (QED) is 0.349. The van der Waals surface area contributed by atoms with Gasteiger partial charge in [-0.05, 0) is 27.7 Å². The monoisotopic (exact) mass is 520 g/mol. The van der Waals surface area contributed by atoms with Gasteiger partial charge in [0.05, 0.1) is 0 Å². The van der Waals surface area contributed by atoms with E-state index in [1.807, 2.05) is 38.6 Å². The molecular weight excluding hydrogens is 498 g/mol. The van der Waals surface area contributed by atoms with E-state index in [4.69, 9.17) is 25.9 Å². The third-order valence-corrected chi connectivity index (χ3v) is 4.28. The van der Waals surface area contributed by atoms with Gasteiger partial charge in [-0.15, -0.1) is 0 Å². The Morgan fingerprint density at radius 1 is 0.750 bits per heavy atom. The highest BCUT2D eigenvalue weighted by molar-refractivity contribution is 7.86. The summed E-state index contributed by atoms with van der Waals surface area (Å²) >= 11 is 0. The summed E-state index contributed by atoms with van der Waals surface area (Å²) in [5.74, 6) is 2.18. The summed E-state index contributed by atoms with van der Waals surface area (Å²) in [6, 6.07) is 0. The molecule has 18 heteroatoms. The van der Waals surface area contributed by atoms with Crippen molar-refractivity contribution < 1.29 is 52.3 Å². The molecular formula is C14H22F6N4O6S2. The first-order valence-corrected chi connectivity index (χ1v) is 11.1. The van der Waals surface area contributed by atoms with Crippen molar-refractivity contribution in [2.24, 2.45) is 0 Å². The number of imidazole rings is 2. The first-order valence-electron chi connectivity index (χ1n) is 8.21. The van der Waals surface area contributed by atoms with Gasteiger partial charge in [0.15, 0.2) is 0 Å². The topological polar surface area (TPSA) is 144 Å². The summed E-state index contributed by atoms with van der Waals surface area (Å²) in [6.07, 6.45) is 7.60. The van der Waals surface area contributed by atoms with Crippen LogP contribution in [0.4, 0.5) is 26.3 Å². The molecule has 0 saturated heterocycles. The molecule has 0 fully saturated rings. The van der Waals surface area contributed by atoms with Gasteiger partial charge in [0.1, 0.15) is 11.6 Å². The van der Waals surface area contributed by atoms with Gasteiger partial charge >= 0.3 is 31.3 Å². The molecule has 0 aliphatic carbocycles. The number of aryl methyl sites for hydroxylation is 4. The Bertz CT molecular complexity index is 931. The zero-order valence-electron chi connectivity index (χ0n) is 17.1. The first kappa shape index (κ1) is 32.0. The smallest absolute Gasteiger partial charge is 0.335 e. The molecule has 0 atom stereocenters. The van der Waals surface area contributed by atoms with Crippen LogP contribution in [0.1, 0.15) is 25.5 Å². The SMILES string of the molecule is CCn1ccnc1C.CCn1ccnc1C.O=S(=O)(O)C(F)(F)F.O=S(=O)(O)C(F)(F)F. The second-order valence-electron chi connectivity index (χ2n) is 5.36. The van der Waals surface area contributed by atoms with Gasteiger partial charge in [-0.3, -0.25) is 9.11 Å². The van der Waals surface area contributed by atoms with Crippen LogP contribution in [0.15, 0.2) is 24.8 Å². The highest BCUT2D eigenvalue weighted by atomic mass is 32.2. The molecule has 2 aromatic heterocycles. The minimum absolute atomic E-state index is 1.02. The molecule has 0 radical (unpaired) electrons. The minimum atomic E-state index is -5.84. The van der Waals surface area contributed by atoms with E-state index in [1.165, 1.54) is 0 Å². The Labute approximate surface area is 180 Å². The fourth-order valence-electron chi connectivity index (χ4n) is 1.48. The third kappa shape index (κ3) is 12.6. The van der Waals surface area contributed by atoms with Crippen LogP contribution in [0.2, 0.25) is 0 Å². The van der Waals surface area contributed by atoms with Crippen molar-refractivity contribution in [2.45, 2.75) is 51.8 Å². The summed E-state index contributed by atoms with van der Waals surface area (Å²) in [5.41, 5.74) is -11.1. The molecule has 2 N–H and O–H groups in total. The normalized spacial score (nSPS) is 11.9. The van der Waals surface area contributed by atoms with Crippen LogP contribution in [-0.2, 0) is 33.3 Å². The van der Waals surface area contributed by atoms with E-state index in [1.54, 1.807) is 0 Å². The average Bonchev–Trinajstić information content (AvgIpc) is 3.20. The lowest BCUT2D eigenvalue weighted by atomic mass is 10.6. The first-order chi connectivity index (χ1) is 14.2. The van der Waals surface area contributed by atoms with Crippen LogP contribution in [-0.4, -0.2) is 56.1 Å². The maximum absolute atomic E-state index is 10.7. The molecule has 0 aromatic carbocycles. The Morgan fingerprint density at radius 3 is 1.03 bits per heavy atom. The molecule has 188 valence electrons. The van der Waals surface area contributed by atoms with Gasteiger partial charge in [-0.1, -0.05) is 0 Å². The standard InChI is InChI=1S/2C6H10N2.2CHF3O3S/c2*1-3-8-5-4-7-6(8)2;2*2-1(3,4)8(5,6)7/h2*4-5H,3H2,1-2H3;2*(H,5,6,7). The Hall–Kier alpha value is -2.18. The Balaban J connectivity index is 0. The number of hydrogen-bond donors (Lipinski definition) is 2. The summed E-state index contributed by atoms with van der Waals surface area (Å²) in [7, 11) is -11.7. The molecule has 0 aliphatic rings. The number of nitrogens with zero attached hydrogens (tertiary/aromatic N) is 4. The van der Waals surface area contributed by atoms with E-state index >= 15 is 0 Å². The maximum Gasteiger partial charge on any atom is 0.522 e. The van der Waals surface area contributed by atoms with Crippen LogP contribution in [0.5, 0.6) is 0 Å². The van der Waals surface area contributed by atoms with Crippen LogP contribution >= 0.6 is 0 Å². The summed E-state index contributed by atoms with van der Waals surface area (Å²) in [5, 5.41) is 0. The van der Waals surface area contributed by atoms with Crippen molar-refractivity contribution in [3.63, 3.8) is 0 Å². The number of aromatic nitrogens is 4. The fraction of sp³-hybridized carbons (Fsp3) is 0.571. The number of halogens is 6. The molecule has 10 nitrogen and oxygen atoms in total. The van der Waals surface area contributed by atoms with E-state index in [-0.39, 0.29) is 0 Å². The lowest BCUT2D eigenvalue weighted by Crippen LogP contribution is -2.21. The van der Waals surface area contributed by atoms with E-state index in [0.29, 0.717) is 0 Å². The van der Waals surface area contributed by atoms with Gasteiger partial charge in [-0.2, -0.15) is 43.2 Å². The summed E-state index contributed by atoms with van der Waals surface area (Å²) < 4.78 is 119. The molecule has 2 rings (SSSR count). The molecule has 2 heterocycles. The highest BCUT2D eigenvalue weighted by Crippen LogP contribution is 2.21. The van der Waals surface area contributed by atoms with Gasteiger partial charge in [-0.25, -0.2) is 9.97 Å². The second-order valence-corrected chi connectivity index (χ2v) is 8.19. The lowest BCUT2D eigenvalue weighted by Gasteiger charge is -1.97. The molecule has 32 heavy (non-hydrogen) atoms. The van der Waals surface area contributed by atoms with E-state index in [9.17, 15) is 26.3 Å². The second kappa shape index (κ2) is 12.8. The molecule has 0 unspecified atom stereocenters. The van der Waals surface area contributed by atoms with Crippen LogP contribution in [0.25, 0.3) is 0 Å². The largest absolute Gasteiger partial charge is 0.522 e. The minimum Gasteiger partial charge on any atom is -0.335 e.